The van der Waals surface area contributed by atoms with Crippen molar-refractivity contribution in [3.8, 4) is 17.2 Å². The van der Waals surface area contributed by atoms with Crippen LogP contribution in [-0.2, 0) is 14.3 Å². The van der Waals surface area contributed by atoms with E-state index < -0.39 is 18.5 Å². The highest BCUT2D eigenvalue weighted by Crippen LogP contribution is 2.34. The van der Waals surface area contributed by atoms with Crippen LogP contribution in [0, 0.1) is 0 Å². The van der Waals surface area contributed by atoms with Gasteiger partial charge in [0, 0.05) is 16.8 Å². The van der Waals surface area contributed by atoms with Crippen LogP contribution in [0.2, 0.25) is 5.02 Å². The maximum Gasteiger partial charge on any atom is 0.344 e. The molecule has 0 saturated heterocycles. The Morgan fingerprint density at radius 3 is 2.60 bits per heavy atom. The number of carbonyl (C=O) groups is 2. The minimum atomic E-state index is -0.657. The van der Waals surface area contributed by atoms with Crippen molar-refractivity contribution >= 4 is 29.2 Å². The summed E-state index contributed by atoms with van der Waals surface area (Å²) in [4.78, 5) is 23.4. The first-order valence-electron chi connectivity index (χ1n) is 7.33. The number of carbonyl (C=O) groups excluding carboxylic acids is 2. The zero-order valence-corrected chi connectivity index (χ0v) is 13.7. The molecule has 3 rings (SSSR count). The summed E-state index contributed by atoms with van der Waals surface area (Å²) in [6.07, 6.45) is 0. The molecule has 25 heavy (non-hydrogen) atoms. The van der Waals surface area contributed by atoms with Gasteiger partial charge < -0.3 is 24.3 Å². The molecule has 0 unspecified atom stereocenters. The third-order valence-electron chi connectivity index (χ3n) is 3.19. The Hall–Kier alpha value is -2.93. The molecule has 2 aromatic rings. The van der Waals surface area contributed by atoms with Crippen LogP contribution in [0.3, 0.4) is 0 Å². The Balaban J connectivity index is 1.41. The van der Waals surface area contributed by atoms with Crippen molar-refractivity contribution in [2.75, 3.05) is 25.3 Å². The molecule has 1 amide bonds. The summed E-state index contributed by atoms with van der Waals surface area (Å²) in [6, 6.07) is 11.5. The first-order valence-corrected chi connectivity index (χ1v) is 7.71. The number of rotatable bonds is 6. The largest absolute Gasteiger partial charge is 0.482 e. The number of hydrogen-bond acceptors (Lipinski definition) is 6. The second-order valence-electron chi connectivity index (χ2n) is 5.02. The van der Waals surface area contributed by atoms with Gasteiger partial charge in [-0.05, 0) is 36.4 Å². The third-order valence-corrected chi connectivity index (χ3v) is 3.44. The van der Waals surface area contributed by atoms with Crippen molar-refractivity contribution in [1.29, 1.82) is 0 Å². The summed E-state index contributed by atoms with van der Waals surface area (Å²) in [5, 5.41) is 3.16. The van der Waals surface area contributed by atoms with Gasteiger partial charge in [-0.2, -0.15) is 0 Å². The number of halogens is 1. The summed E-state index contributed by atoms with van der Waals surface area (Å²) in [5.41, 5.74) is 0.516. The first kappa shape index (κ1) is 16.9. The van der Waals surface area contributed by atoms with Gasteiger partial charge in [0.25, 0.3) is 5.91 Å². The van der Waals surface area contributed by atoms with Crippen molar-refractivity contribution in [2.45, 2.75) is 0 Å². The van der Waals surface area contributed by atoms with Crippen LogP contribution in [0.25, 0.3) is 0 Å². The Labute approximate surface area is 148 Å². The molecule has 1 aliphatic heterocycles. The number of nitrogens with one attached hydrogen (secondary N) is 1. The fourth-order valence-electron chi connectivity index (χ4n) is 2.03. The third kappa shape index (κ3) is 4.77. The predicted molar refractivity (Wildman–Crippen MR) is 89.1 cm³/mol. The van der Waals surface area contributed by atoms with Crippen LogP contribution in [0.5, 0.6) is 17.2 Å². The lowest BCUT2D eigenvalue weighted by Crippen LogP contribution is -2.23. The highest BCUT2D eigenvalue weighted by atomic mass is 35.5. The molecule has 0 aromatic heterocycles. The van der Waals surface area contributed by atoms with E-state index in [-0.39, 0.29) is 13.4 Å². The molecule has 7 nitrogen and oxygen atoms in total. The van der Waals surface area contributed by atoms with Crippen LogP contribution < -0.4 is 19.5 Å². The molecule has 0 bridgehead atoms. The number of esters is 1. The van der Waals surface area contributed by atoms with Gasteiger partial charge in [-0.25, -0.2) is 4.79 Å². The van der Waals surface area contributed by atoms with E-state index in [9.17, 15) is 9.59 Å². The van der Waals surface area contributed by atoms with Gasteiger partial charge in [-0.1, -0.05) is 11.6 Å². The van der Waals surface area contributed by atoms with Crippen LogP contribution in [0.4, 0.5) is 5.69 Å². The smallest absolute Gasteiger partial charge is 0.344 e. The van der Waals surface area contributed by atoms with E-state index >= 15 is 0 Å². The number of anilines is 1. The average molecular weight is 364 g/mol. The van der Waals surface area contributed by atoms with Gasteiger partial charge in [0.1, 0.15) is 5.75 Å². The minimum absolute atomic E-state index is 0.151. The van der Waals surface area contributed by atoms with Gasteiger partial charge >= 0.3 is 5.97 Å². The van der Waals surface area contributed by atoms with Crippen LogP contribution >= 0.6 is 11.6 Å². The average Bonchev–Trinajstić information content (AvgIpc) is 3.07. The second kappa shape index (κ2) is 7.76. The molecule has 0 spiro atoms. The molecule has 2 aromatic carbocycles. The van der Waals surface area contributed by atoms with E-state index in [1.54, 1.807) is 42.5 Å². The molecule has 130 valence electrons. The molecule has 1 heterocycles. The fourth-order valence-corrected chi connectivity index (χ4v) is 2.16. The van der Waals surface area contributed by atoms with Gasteiger partial charge in [0.05, 0.1) is 0 Å². The summed E-state index contributed by atoms with van der Waals surface area (Å²) in [6.45, 7) is -0.575. The lowest BCUT2D eigenvalue weighted by Gasteiger charge is -2.08. The van der Waals surface area contributed by atoms with E-state index in [4.69, 9.17) is 30.5 Å². The van der Waals surface area contributed by atoms with Crippen molar-refractivity contribution in [3.63, 3.8) is 0 Å². The molecule has 1 aliphatic rings. The topological polar surface area (TPSA) is 83.1 Å². The zero-order valence-electron chi connectivity index (χ0n) is 13.0. The number of hydrogen-bond donors (Lipinski definition) is 1. The molecular formula is C17H14ClNO6. The summed E-state index contributed by atoms with van der Waals surface area (Å²) >= 11 is 5.75. The van der Waals surface area contributed by atoms with Crippen molar-refractivity contribution in [1.82, 2.24) is 0 Å². The minimum Gasteiger partial charge on any atom is -0.482 e. The highest BCUT2D eigenvalue weighted by molar-refractivity contribution is 6.30. The number of amides is 1. The van der Waals surface area contributed by atoms with Gasteiger partial charge in [0.15, 0.2) is 24.7 Å². The van der Waals surface area contributed by atoms with E-state index in [0.717, 1.165) is 0 Å². The monoisotopic (exact) mass is 363 g/mol. The Morgan fingerprint density at radius 1 is 1.04 bits per heavy atom. The van der Waals surface area contributed by atoms with Gasteiger partial charge in [0.2, 0.25) is 6.79 Å². The lowest BCUT2D eigenvalue weighted by molar-refractivity contribution is -0.149. The van der Waals surface area contributed by atoms with Crippen LogP contribution in [0.15, 0.2) is 42.5 Å². The molecular weight excluding hydrogens is 350 g/mol. The van der Waals surface area contributed by atoms with Crippen LogP contribution in [0.1, 0.15) is 0 Å². The SMILES string of the molecule is O=C(COC(=O)COc1ccc(Cl)cc1)Nc1ccc2c(c1)OCO2. The lowest BCUT2D eigenvalue weighted by atomic mass is 10.3. The first-order chi connectivity index (χ1) is 12.1. The highest BCUT2D eigenvalue weighted by Gasteiger charge is 2.15. The van der Waals surface area contributed by atoms with E-state index in [2.05, 4.69) is 5.32 Å². The van der Waals surface area contributed by atoms with E-state index in [0.29, 0.717) is 28.0 Å². The Kier molecular flexibility index (Phi) is 5.25. The Morgan fingerprint density at radius 2 is 1.80 bits per heavy atom. The number of ether oxygens (including phenoxy) is 4. The second-order valence-corrected chi connectivity index (χ2v) is 5.46. The van der Waals surface area contributed by atoms with Crippen molar-refractivity contribution < 1.29 is 28.5 Å². The summed E-state index contributed by atoms with van der Waals surface area (Å²) in [7, 11) is 0. The molecule has 0 radical (unpaired) electrons. The molecule has 1 N–H and O–H groups in total. The van der Waals surface area contributed by atoms with Gasteiger partial charge in [-0.15, -0.1) is 0 Å². The number of benzene rings is 2. The molecule has 0 atom stereocenters. The van der Waals surface area contributed by atoms with Crippen LogP contribution in [-0.4, -0.2) is 31.9 Å². The Bertz CT molecular complexity index is 777. The molecule has 8 heteroatoms. The summed E-state index contributed by atoms with van der Waals surface area (Å²) in [5.74, 6) is 0.510. The van der Waals surface area contributed by atoms with Crippen molar-refractivity contribution in [2.24, 2.45) is 0 Å². The molecule has 0 aliphatic carbocycles. The van der Waals surface area contributed by atoms with Gasteiger partial charge in [-0.3, -0.25) is 4.79 Å². The fraction of sp³-hybridized carbons (Fsp3) is 0.176. The van der Waals surface area contributed by atoms with E-state index in [1.807, 2.05) is 0 Å². The standard InChI is InChI=1S/C17H14ClNO6/c18-11-1-4-13(5-2-11)22-9-17(21)23-8-16(20)19-12-3-6-14-15(7-12)25-10-24-14/h1-7H,8-10H2,(H,19,20). The van der Waals surface area contributed by atoms with E-state index in [1.165, 1.54) is 0 Å². The maximum absolute atomic E-state index is 11.8. The van der Waals surface area contributed by atoms with Crippen molar-refractivity contribution in [3.05, 3.63) is 47.5 Å². The maximum atomic E-state index is 11.8. The molecule has 0 saturated carbocycles. The summed E-state index contributed by atoms with van der Waals surface area (Å²) < 4.78 is 20.5. The number of fused-ring (bicyclic) bond motifs is 1. The zero-order chi connectivity index (χ0) is 17.6. The normalized spacial score (nSPS) is 11.7. The quantitative estimate of drug-likeness (QED) is 0.794. The molecule has 0 fully saturated rings. The predicted octanol–water partition coefficient (Wildman–Crippen LogP) is 2.63.